The van der Waals surface area contributed by atoms with E-state index in [1.54, 1.807) is 4.90 Å². The molecule has 1 atom stereocenters. The molecule has 126 valence electrons. The first-order valence-electron chi connectivity index (χ1n) is 7.73. The number of hydrogen-bond donors (Lipinski definition) is 2. The van der Waals surface area contributed by atoms with Gasteiger partial charge >= 0.3 is 6.03 Å². The molecule has 7 heteroatoms. The fraction of sp³-hybridized carbons (Fsp3) is 0.500. The number of benzene rings is 1. The Hall–Kier alpha value is -1.95. The summed E-state index contributed by atoms with van der Waals surface area (Å²) in [5, 5.41) is 3.24. The predicted molar refractivity (Wildman–Crippen MR) is 91.6 cm³/mol. The van der Waals surface area contributed by atoms with E-state index in [-0.39, 0.29) is 11.8 Å². The molecule has 6 nitrogen and oxygen atoms in total. The highest BCUT2D eigenvalue weighted by Gasteiger charge is 2.30. The van der Waals surface area contributed by atoms with Gasteiger partial charge in [-0.3, -0.25) is 4.79 Å². The van der Waals surface area contributed by atoms with Crippen molar-refractivity contribution in [3.63, 3.8) is 0 Å². The van der Waals surface area contributed by atoms with Crippen molar-refractivity contribution in [3.05, 3.63) is 29.3 Å². The lowest BCUT2D eigenvalue weighted by atomic mass is 10.0. The Morgan fingerprint density at radius 1 is 1.22 bits per heavy atom. The summed E-state index contributed by atoms with van der Waals surface area (Å²) in [5.74, 6) is -0.0921. The molecule has 1 fully saturated rings. The minimum Gasteiger partial charge on any atom is -0.368 e. The number of carbonyl (C=O) groups is 2. The number of rotatable bonds is 4. The highest BCUT2D eigenvalue weighted by Crippen LogP contribution is 2.21. The molecule has 2 rings (SSSR count). The molecule has 3 amide bonds. The zero-order chi connectivity index (χ0) is 17.0. The number of amides is 3. The fourth-order valence-corrected chi connectivity index (χ4v) is 2.91. The van der Waals surface area contributed by atoms with Crippen molar-refractivity contribution in [2.24, 2.45) is 11.7 Å². The molecule has 1 saturated heterocycles. The van der Waals surface area contributed by atoms with Gasteiger partial charge < -0.3 is 20.9 Å². The van der Waals surface area contributed by atoms with Gasteiger partial charge in [0.15, 0.2) is 0 Å². The summed E-state index contributed by atoms with van der Waals surface area (Å²) in [6, 6.07) is 6.44. The van der Waals surface area contributed by atoms with Gasteiger partial charge in [-0.2, -0.15) is 0 Å². The van der Waals surface area contributed by atoms with Gasteiger partial charge in [-0.1, -0.05) is 31.5 Å². The van der Waals surface area contributed by atoms with Crippen LogP contribution in [0.25, 0.3) is 0 Å². The van der Waals surface area contributed by atoms with Crippen molar-refractivity contribution in [1.82, 2.24) is 10.2 Å². The number of halogens is 1. The summed E-state index contributed by atoms with van der Waals surface area (Å²) in [4.78, 5) is 27.7. The van der Waals surface area contributed by atoms with Gasteiger partial charge in [0.25, 0.3) is 0 Å². The maximum absolute atomic E-state index is 12.6. The Kier molecular flexibility index (Phi) is 5.71. The van der Waals surface area contributed by atoms with Crippen LogP contribution in [-0.4, -0.2) is 49.1 Å². The molecular weight excluding hydrogens is 316 g/mol. The van der Waals surface area contributed by atoms with Crippen molar-refractivity contribution in [2.45, 2.75) is 19.9 Å². The molecule has 0 spiro atoms. The van der Waals surface area contributed by atoms with E-state index in [1.165, 1.54) is 0 Å². The molecule has 0 saturated carbocycles. The zero-order valence-corrected chi connectivity index (χ0v) is 14.2. The number of nitrogens with zero attached hydrogens (tertiary/aromatic N) is 2. The number of hydrogen-bond acceptors (Lipinski definition) is 3. The highest BCUT2D eigenvalue weighted by molar-refractivity contribution is 6.30. The van der Waals surface area contributed by atoms with Crippen LogP contribution < -0.4 is 16.0 Å². The Labute approximate surface area is 141 Å². The average molecular weight is 339 g/mol. The number of carbonyl (C=O) groups excluding carboxylic acids is 2. The van der Waals surface area contributed by atoms with E-state index in [0.29, 0.717) is 18.1 Å². The first kappa shape index (κ1) is 17.4. The predicted octanol–water partition coefficient (Wildman–Crippen LogP) is 1.68. The third-order valence-electron chi connectivity index (χ3n) is 4.00. The smallest absolute Gasteiger partial charge is 0.312 e. The fourth-order valence-electron chi connectivity index (χ4n) is 2.72. The molecule has 1 aromatic carbocycles. The molecule has 3 N–H and O–H groups in total. The van der Waals surface area contributed by atoms with Crippen molar-refractivity contribution < 1.29 is 9.59 Å². The first-order valence-corrected chi connectivity index (χ1v) is 8.11. The highest BCUT2D eigenvalue weighted by atomic mass is 35.5. The van der Waals surface area contributed by atoms with E-state index in [2.05, 4.69) is 10.2 Å². The zero-order valence-electron chi connectivity index (χ0n) is 13.5. The van der Waals surface area contributed by atoms with Crippen molar-refractivity contribution in [2.75, 3.05) is 31.1 Å². The maximum atomic E-state index is 12.6. The number of anilines is 1. The summed E-state index contributed by atoms with van der Waals surface area (Å²) in [6.45, 7) is 6.45. The van der Waals surface area contributed by atoms with E-state index in [9.17, 15) is 9.59 Å². The van der Waals surface area contributed by atoms with Gasteiger partial charge in [-0.05, 0) is 24.1 Å². The van der Waals surface area contributed by atoms with E-state index < -0.39 is 12.1 Å². The number of primary amides is 1. The number of piperazine rings is 1. The second kappa shape index (κ2) is 7.55. The van der Waals surface area contributed by atoms with Gasteiger partial charge in [0.05, 0.1) is 0 Å². The van der Waals surface area contributed by atoms with Crippen LogP contribution in [-0.2, 0) is 4.79 Å². The lowest BCUT2D eigenvalue weighted by Gasteiger charge is -2.38. The summed E-state index contributed by atoms with van der Waals surface area (Å²) in [6.07, 6.45) is 0. The topological polar surface area (TPSA) is 78.7 Å². The van der Waals surface area contributed by atoms with Crippen LogP contribution >= 0.6 is 11.6 Å². The Bertz CT molecular complexity index is 571. The lowest BCUT2D eigenvalue weighted by molar-refractivity contribution is -0.134. The quantitative estimate of drug-likeness (QED) is 0.876. The number of urea groups is 1. The van der Waals surface area contributed by atoms with Crippen LogP contribution in [0.5, 0.6) is 0 Å². The van der Waals surface area contributed by atoms with Gasteiger partial charge in [0.2, 0.25) is 5.91 Å². The number of nitrogens with two attached hydrogens (primary N) is 1. The largest absolute Gasteiger partial charge is 0.368 e. The van der Waals surface area contributed by atoms with E-state index >= 15 is 0 Å². The molecule has 23 heavy (non-hydrogen) atoms. The van der Waals surface area contributed by atoms with E-state index in [0.717, 1.165) is 18.8 Å². The molecule has 0 aliphatic carbocycles. The van der Waals surface area contributed by atoms with Crippen LogP contribution in [0.3, 0.4) is 0 Å². The monoisotopic (exact) mass is 338 g/mol. The standard InChI is InChI=1S/C16H23ClN4O2/c1-11(2)14(19-16(18)23)15(22)21-8-6-20(7-9-21)13-5-3-4-12(17)10-13/h3-5,10-11,14H,6-9H2,1-2H3,(H3,18,19,23). The van der Waals surface area contributed by atoms with Gasteiger partial charge in [-0.15, -0.1) is 0 Å². The second-order valence-corrected chi connectivity index (χ2v) is 6.46. The van der Waals surface area contributed by atoms with Gasteiger partial charge in [-0.25, -0.2) is 4.79 Å². The number of nitrogens with one attached hydrogen (secondary N) is 1. The molecule has 1 heterocycles. The van der Waals surface area contributed by atoms with Crippen molar-refractivity contribution in [3.8, 4) is 0 Å². The molecule has 1 aliphatic rings. The Balaban J connectivity index is 1.97. The summed E-state index contributed by atoms with van der Waals surface area (Å²) < 4.78 is 0. The van der Waals surface area contributed by atoms with Crippen LogP contribution in [0.2, 0.25) is 5.02 Å². The Morgan fingerprint density at radius 2 is 1.87 bits per heavy atom. The molecule has 1 aromatic rings. The first-order chi connectivity index (χ1) is 10.9. The van der Waals surface area contributed by atoms with E-state index in [1.807, 2.05) is 38.1 Å². The Morgan fingerprint density at radius 3 is 2.39 bits per heavy atom. The lowest BCUT2D eigenvalue weighted by Crippen LogP contribution is -2.57. The minimum atomic E-state index is -0.672. The van der Waals surface area contributed by atoms with Crippen LogP contribution in [0.15, 0.2) is 24.3 Å². The van der Waals surface area contributed by atoms with E-state index in [4.69, 9.17) is 17.3 Å². The van der Waals surface area contributed by atoms with Crippen molar-refractivity contribution >= 4 is 29.2 Å². The average Bonchev–Trinajstić information content (AvgIpc) is 2.52. The molecule has 1 aliphatic heterocycles. The van der Waals surface area contributed by atoms with Crippen LogP contribution in [0.1, 0.15) is 13.8 Å². The summed E-state index contributed by atoms with van der Waals surface area (Å²) >= 11 is 6.02. The van der Waals surface area contributed by atoms with Crippen molar-refractivity contribution in [1.29, 1.82) is 0 Å². The second-order valence-electron chi connectivity index (χ2n) is 6.02. The summed E-state index contributed by atoms with van der Waals surface area (Å²) in [5.41, 5.74) is 6.22. The van der Waals surface area contributed by atoms with Crippen LogP contribution in [0, 0.1) is 5.92 Å². The minimum absolute atomic E-state index is 0.0130. The molecule has 1 unspecified atom stereocenters. The third kappa shape index (κ3) is 4.51. The normalized spacial score (nSPS) is 16.3. The molecule has 0 radical (unpaired) electrons. The third-order valence-corrected chi connectivity index (χ3v) is 4.23. The molecule has 0 aromatic heterocycles. The SMILES string of the molecule is CC(C)C(NC(N)=O)C(=O)N1CCN(c2cccc(Cl)c2)CC1. The molecule has 0 bridgehead atoms. The summed E-state index contributed by atoms with van der Waals surface area (Å²) in [7, 11) is 0. The maximum Gasteiger partial charge on any atom is 0.312 e. The van der Waals surface area contributed by atoms with Gasteiger partial charge in [0.1, 0.15) is 6.04 Å². The van der Waals surface area contributed by atoms with Gasteiger partial charge in [0, 0.05) is 36.9 Å². The van der Waals surface area contributed by atoms with Crippen LogP contribution in [0.4, 0.5) is 10.5 Å². The molecular formula is C16H23ClN4O2.